The number of fused-ring (bicyclic) bond motifs is 1. The number of furan rings is 1. The summed E-state index contributed by atoms with van der Waals surface area (Å²) in [6, 6.07) is 13.6. The molecule has 3 N–H and O–H groups in total. The molecule has 2 aromatic carbocycles. The molecule has 9 nitrogen and oxygen atoms in total. The van der Waals surface area contributed by atoms with Crippen molar-refractivity contribution in [3.8, 4) is 0 Å². The second kappa shape index (κ2) is 13.2. The van der Waals surface area contributed by atoms with Crippen molar-refractivity contribution < 1.29 is 77.8 Å². The Hall–Kier alpha value is -2.22. The molecule has 0 saturated carbocycles. The number of aromatic carboxylic acids is 1. The summed E-state index contributed by atoms with van der Waals surface area (Å²) in [5.41, 5.74) is 3.44. The van der Waals surface area contributed by atoms with Gasteiger partial charge in [0.1, 0.15) is 12.2 Å². The third-order valence-electron chi connectivity index (χ3n) is 6.80. The molecular weight excluding hydrogens is 751 g/mol. The fourth-order valence-electron chi connectivity index (χ4n) is 4.52. The second-order valence-electron chi connectivity index (χ2n) is 10.5. The molecule has 1 aliphatic rings. The van der Waals surface area contributed by atoms with Gasteiger partial charge < -0.3 is 24.3 Å². The summed E-state index contributed by atoms with van der Waals surface area (Å²) in [5, 5.41) is 22.0. The van der Waals surface area contributed by atoms with E-state index < -0.39 is 35.4 Å². The fraction of sp³-hybridized carbons (Fsp3) is 0.345. The van der Waals surface area contributed by atoms with Crippen LogP contribution in [0.5, 0.6) is 0 Å². The molecule has 0 bridgehead atoms. The predicted octanol–water partition coefficient (Wildman–Crippen LogP) is 5.12. The molecule has 0 fully saturated rings. The molecule has 3 aromatic rings. The normalized spacial score (nSPS) is 17.1. The summed E-state index contributed by atoms with van der Waals surface area (Å²) in [6.45, 7) is 7.62. The number of aliphatic hydroxyl groups excluding tert-OH is 1. The maximum atomic E-state index is 14.0. The first-order valence-electron chi connectivity index (χ1n) is 12.5. The van der Waals surface area contributed by atoms with Crippen molar-refractivity contribution in [3.63, 3.8) is 0 Å². The van der Waals surface area contributed by atoms with Crippen LogP contribution in [0.4, 0.5) is 11.6 Å². The number of amides is 2. The number of carboxylic acids is 1. The van der Waals surface area contributed by atoms with Crippen molar-refractivity contribution in [2.45, 2.75) is 46.3 Å². The zero-order valence-electron chi connectivity index (χ0n) is 22.7. The summed E-state index contributed by atoms with van der Waals surface area (Å²) < 4.78 is 11.6. The smallest absolute Gasteiger partial charge is 0.371 e. The molecule has 0 spiro atoms. The summed E-state index contributed by atoms with van der Waals surface area (Å²) in [4.78, 5) is 39.7. The van der Waals surface area contributed by atoms with Gasteiger partial charge >= 0.3 is 5.97 Å². The Morgan fingerprint density at radius 1 is 1.10 bits per heavy atom. The number of carbonyl (C=O) groups is 3. The van der Waals surface area contributed by atoms with Crippen LogP contribution in [0.3, 0.4) is 0 Å². The quantitative estimate of drug-likeness (QED) is 0.290. The zero-order chi connectivity index (χ0) is 28.5. The minimum atomic E-state index is -1.27. The Labute approximate surface area is 273 Å². The van der Waals surface area contributed by atoms with Crippen LogP contribution >= 0.6 is 11.6 Å². The summed E-state index contributed by atoms with van der Waals surface area (Å²) in [7, 11) is 0. The van der Waals surface area contributed by atoms with E-state index in [0.717, 1.165) is 16.7 Å². The van der Waals surface area contributed by atoms with Crippen molar-refractivity contribution in [3.05, 3.63) is 81.6 Å². The van der Waals surface area contributed by atoms with Crippen molar-refractivity contribution in [2.75, 3.05) is 23.4 Å². The molecule has 11 heteroatoms. The van der Waals surface area contributed by atoms with E-state index in [9.17, 15) is 19.5 Å². The number of hydrogen-bond donors (Lipinski definition) is 3. The average molecular weight is 782 g/mol. The monoisotopic (exact) mass is 781 g/mol. The molecule has 1 aliphatic heterocycles. The van der Waals surface area contributed by atoms with Gasteiger partial charge in [-0.25, -0.2) is 4.79 Å². The number of halogens is 1. The number of hydrogen-bond acceptors (Lipinski definition) is 6. The molecule has 0 saturated heterocycles. The van der Waals surface area contributed by atoms with Gasteiger partial charge in [0.15, 0.2) is 0 Å². The summed E-state index contributed by atoms with van der Waals surface area (Å²) in [5.74, 6) is -2.70. The first-order valence-corrected chi connectivity index (χ1v) is 12.8. The third-order valence-corrected chi connectivity index (χ3v) is 7.03. The Kier molecular flexibility index (Phi) is 10.6. The SMILES string of the molecule is Cc1cccc([C@H]2O[C@H](CC(=O)Nc3ccc(C(=O)O)o3)C(=O)N(CC(C)(C)CO)c3ccc(Cl)cc32)c1C.[Ac]. The molecule has 209 valence electrons. The topological polar surface area (TPSA) is 129 Å². The average Bonchev–Trinajstić information content (AvgIpc) is 3.32. The van der Waals surface area contributed by atoms with Crippen LogP contribution in [0.2, 0.25) is 5.02 Å². The molecule has 0 aliphatic carbocycles. The van der Waals surface area contributed by atoms with E-state index in [1.807, 2.05) is 45.9 Å². The van der Waals surface area contributed by atoms with Gasteiger partial charge in [0.25, 0.3) is 5.91 Å². The molecule has 0 unspecified atom stereocenters. The summed E-state index contributed by atoms with van der Waals surface area (Å²) >= 11 is 6.42. The van der Waals surface area contributed by atoms with E-state index in [-0.39, 0.29) is 75.3 Å². The molecule has 1 aromatic heterocycles. The van der Waals surface area contributed by atoms with Crippen LogP contribution in [0.25, 0.3) is 0 Å². The maximum absolute atomic E-state index is 14.0. The number of nitrogens with zero attached hydrogens (tertiary/aromatic N) is 1. The molecule has 1 radical (unpaired) electrons. The largest absolute Gasteiger partial charge is 0.475 e. The predicted molar refractivity (Wildman–Crippen MR) is 146 cm³/mol. The fourth-order valence-corrected chi connectivity index (χ4v) is 4.70. The zero-order valence-corrected chi connectivity index (χ0v) is 28.2. The van der Waals surface area contributed by atoms with Gasteiger partial charge in [-0.3, -0.25) is 14.9 Å². The first kappa shape index (κ1) is 32.3. The minimum absolute atomic E-state index is 0. The Morgan fingerprint density at radius 2 is 1.82 bits per heavy atom. The van der Waals surface area contributed by atoms with Gasteiger partial charge in [-0.05, 0) is 54.8 Å². The Bertz CT molecular complexity index is 1420. The first-order chi connectivity index (χ1) is 18.4. The number of carbonyl (C=O) groups excluding carboxylic acids is 2. The van der Waals surface area contributed by atoms with Gasteiger partial charge in [-0.1, -0.05) is 43.6 Å². The second-order valence-corrected chi connectivity index (χ2v) is 10.9. The van der Waals surface area contributed by atoms with Gasteiger partial charge in [0, 0.05) is 85.0 Å². The molecule has 2 heterocycles. The third kappa shape index (κ3) is 7.15. The van der Waals surface area contributed by atoms with Crippen molar-refractivity contribution in [1.29, 1.82) is 0 Å². The Morgan fingerprint density at radius 3 is 2.48 bits per heavy atom. The van der Waals surface area contributed by atoms with E-state index in [0.29, 0.717) is 16.3 Å². The van der Waals surface area contributed by atoms with Crippen LogP contribution in [-0.4, -0.2) is 47.3 Å². The minimum Gasteiger partial charge on any atom is -0.475 e. The maximum Gasteiger partial charge on any atom is 0.371 e. The van der Waals surface area contributed by atoms with Crippen molar-refractivity contribution >= 4 is 41.0 Å². The van der Waals surface area contributed by atoms with Crippen LogP contribution in [0.1, 0.15) is 59.2 Å². The number of rotatable bonds is 8. The molecule has 2 atom stereocenters. The number of benzene rings is 2. The summed E-state index contributed by atoms with van der Waals surface area (Å²) in [6.07, 6.45) is -2.28. The number of anilines is 2. The number of ether oxygens (including phenoxy) is 1. The van der Waals surface area contributed by atoms with E-state index in [2.05, 4.69) is 5.32 Å². The number of aliphatic hydroxyl groups is 1. The van der Waals surface area contributed by atoms with Gasteiger partial charge in [0.2, 0.25) is 17.6 Å². The molecule has 4 rings (SSSR count). The van der Waals surface area contributed by atoms with Gasteiger partial charge in [0.05, 0.1) is 6.42 Å². The van der Waals surface area contributed by atoms with Crippen LogP contribution in [0, 0.1) is 63.3 Å². The van der Waals surface area contributed by atoms with Crippen molar-refractivity contribution in [1.82, 2.24) is 0 Å². The van der Waals surface area contributed by atoms with Crippen LogP contribution in [-0.2, 0) is 14.3 Å². The van der Waals surface area contributed by atoms with Crippen LogP contribution < -0.4 is 10.2 Å². The van der Waals surface area contributed by atoms with Crippen LogP contribution in [0.15, 0.2) is 52.9 Å². The molecule has 40 heavy (non-hydrogen) atoms. The van der Waals surface area contributed by atoms with Gasteiger partial charge in [-0.2, -0.15) is 0 Å². The van der Waals surface area contributed by atoms with E-state index in [1.54, 1.807) is 23.1 Å². The molecule has 2 amide bonds. The standard InChI is InChI=1S/C29H31ClN2O7.Ac/c1-16-6-5-7-19(17(16)2)26-20-12-18(30)8-9-21(20)32(14-29(3,4)15-33)27(35)23(39-26)13-24(34)31-25-11-10-22(38-25)28(36)37;/h5-12,23,26,33H,13-15H2,1-4H3,(H,31,34)(H,36,37);/t23-,26-;/m1./s1. The Balaban J connectivity index is 0.00000441. The van der Waals surface area contributed by atoms with Gasteiger partial charge in [-0.15, -0.1) is 0 Å². The van der Waals surface area contributed by atoms with E-state index >= 15 is 0 Å². The van der Waals surface area contributed by atoms with E-state index in [1.165, 1.54) is 12.1 Å². The molecular formula is C29H31AcClN2O7. The number of nitrogens with one attached hydrogen (secondary N) is 1. The number of carboxylic acid groups (broad SMARTS) is 1. The van der Waals surface area contributed by atoms with E-state index in [4.69, 9.17) is 25.9 Å². The van der Waals surface area contributed by atoms with Crippen molar-refractivity contribution in [2.24, 2.45) is 5.41 Å². The number of aryl methyl sites for hydroxylation is 1.